The van der Waals surface area contributed by atoms with E-state index in [1.165, 1.54) is 17.4 Å². The van der Waals surface area contributed by atoms with E-state index in [1.54, 1.807) is 5.32 Å². The predicted octanol–water partition coefficient (Wildman–Crippen LogP) is 3.79. The lowest BCUT2D eigenvalue weighted by Gasteiger charge is -2.07. The molecule has 24 heavy (non-hydrogen) atoms. The SMILES string of the molecule is O=C(COC(=O)C=Cc1sc2ccccc2c1Cl)NCC(F)(F)F. The van der Waals surface area contributed by atoms with Crippen LogP contribution in [0.1, 0.15) is 4.88 Å². The number of thiophene rings is 1. The van der Waals surface area contributed by atoms with Crippen molar-refractivity contribution in [3.8, 4) is 0 Å². The normalized spacial score (nSPS) is 11.8. The Kier molecular flexibility index (Phi) is 5.84. The summed E-state index contributed by atoms with van der Waals surface area (Å²) in [5, 5.41) is 2.93. The van der Waals surface area contributed by atoms with Crippen LogP contribution in [0.15, 0.2) is 30.3 Å². The lowest BCUT2D eigenvalue weighted by Crippen LogP contribution is -2.36. The molecule has 1 heterocycles. The molecule has 0 aliphatic carbocycles. The summed E-state index contributed by atoms with van der Waals surface area (Å²) in [5.41, 5.74) is 0. The van der Waals surface area contributed by atoms with Crippen molar-refractivity contribution in [2.45, 2.75) is 6.18 Å². The molecule has 0 fully saturated rings. The van der Waals surface area contributed by atoms with E-state index in [1.807, 2.05) is 24.3 Å². The number of carbonyl (C=O) groups excluding carboxylic acids is 2. The molecule has 2 rings (SSSR count). The summed E-state index contributed by atoms with van der Waals surface area (Å²) in [4.78, 5) is 23.2. The minimum Gasteiger partial charge on any atom is -0.452 e. The third-order valence-corrected chi connectivity index (χ3v) is 4.42. The largest absolute Gasteiger partial charge is 0.452 e. The van der Waals surface area contributed by atoms with E-state index >= 15 is 0 Å². The molecule has 0 bridgehead atoms. The van der Waals surface area contributed by atoms with Crippen LogP contribution < -0.4 is 5.32 Å². The Morgan fingerprint density at radius 1 is 1.29 bits per heavy atom. The van der Waals surface area contributed by atoms with E-state index in [4.69, 9.17) is 11.6 Å². The number of esters is 1. The van der Waals surface area contributed by atoms with Gasteiger partial charge in [0.25, 0.3) is 5.91 Å². The van der Waals surface area contributed by atoms with E-state index in [0.717, 1.165) is 16.2 Å². The molecule has 0 spiro atoms. The van der Waals surface area contributed by atoms with Gasteiger partial charge in [-0.3, -0.25) is 4.79 Å². The van der Waals surface area contributed by atoms with Crippen LogP contribution in [0.2, 0.25) is 5.02 Å². The number of halogens is 4. The number of alkyl halides is 3. The van der Waals surface area contributed by atoms with Gasteiger partial charge in [0, 0.05) is 21.0 Å². The van der Waals surface area contributed by atoms with Crippen LogP contribution in [0.3, 0.4) is 0 Å². The molecule has 1 aromatic carbocycles. The summed E-state index contributed by atoms with van der Waals surface area (Å²) in [7, 11) is 0. The number of fused-ring (bicyclic) bond motifs is 1. The summed E-state index contributed by atoms with van der Waals surface area (Å²) >= 11 is 7.56. The lowest BCUT2D eigenvalue weighted by atomic mass is 10.2. The van der Waals surface area contributed by atoms with Gasteiger partial charge in [-0.1, -0.05) is 29.8 Å². The van der Waals surface area contributed by atoms with Gasteiger partial charge >= 0.3 is 12.1 Å². The van der Waals surface area contributed by atoms with Crippen molar-refractivity contribution < 1.29 is 27.5 Å². The number of ether oxygens (including phenoxy) is 1. The average molecular weight is 378 g/mol. The first-order valence-electron chi connectivity index (χ1n) is 6.61. The number of hydrogen-bond acceptors (Lipinski definition) is 4. The van der Waals surface area contributed by atoms with Crippen molar-refractivity contribution >= 4 is 51.0 Å². The standard InChI is InChI=1S/C15H11ClF3NO3S/c16-14-9-3-1-2-4-10(9)24-11(14)5-6-13(22)23-7-12(21)20-8-15(17,18)19/h1-6H,7-8H2,(H,20,21). The van der Waals surface area contributed by atoms with E-state index in [2.05, 4.69) is 4.74 Å². The zero-order valence-electron chi connectivity index (χ0n) is 12.0. The Morgan fingerprint density at radius 3 is 2.67 bits per heavy atom. The highest BCUT2D eigenvalue weighted by atomic mass is 35.5. The quantitative estimate of drug-likeness (QED) is 0.637. The van der Waals surface area contributed by atoms with Gasteiger partial charge in [-0.05, 0) is 12.1 Å². The van der Waals surface area contributed by atoms with Crippen LogP contribution in [0, 0.1) is 0 Å². The fraction of sp³-hybridized carbons (Fsp3) is 0.200. The monoisotopic (exact) mass is 377 g/mol. The van der Waals surface area contributed by atoms with Gasteiger partial charge in [-0.2, -0.15) is 13.2 Å². The van der Waals surface area contributed by atoms with Crippen LogP contribution in [-0.4, -0.2) is 31.2 Å². The van der Waals surface area contributed by atoms with Gasteiger partial charge in [-0.15, -0.1) is 11.3 Å². The first kappa shape index (κ1) is 18.3. The van der Waals surface area contributed by atoms with Gasteiger partial charge in [0.2, 0.25) is 0 Å². The molecule has 128 valence electrons. The molecule has 0 aliphatic heterocycles. The van der Waals surface area contributed by atoms with Crippen LogP contribution in [0.5, 0.6) is 0 Å². The average Bonchev–Trinajstić information content (AvgIpc) is 2.85. The summed E-state index contributed by atoms with van der Waals surface area (Å²) in [6, 6.07) is 7.42. The second-order valence-corrected chi connectivity index (χ2v) is 6.07. The number of rotatable bonds is 5. The molecule has 1 amide bonds. The molecule has 9 heteroatoms. The van der Waals surface area contributed by atoms with Gasteiger partial charge in [0.15, 0.2) is 6.61 Å². The minimum absolute atomic E-state index is 0.488. The van der Waals surface area contributed by atoms with Crippen LogP contribution >= 0.6 is 22.9 Å². The van der Waals surface area contributed by atoms with Gasteiger partial charge < -0.3 is 10.1 Å². The molecule has 0 saturated carbocycles. The van der Waals surface area contributed by atoms with E-state index < -0.39 is 31.2 Å². The Labute approximate surface area is 143 Å². The van der Waals surface area contributed by atoms with Crippen LogP contribution in [0.4, 0.5) is 13.2 Å². The first-order chi connectivity index (χ1) is 11.3. The molecular weight excluding hydrogens is 367 g/mol. The highest BCUT2D eigenvalue weighted by Gasteiger charge is 2.27. The molecule has 1 N–H and O–H groups in total. The van der Waals surface area contributed by atoms with Gasteiger partial charge in [0.1, 0.15) is 6.54 Å². The second kappa shape index (κ2) is 7.67. The summed E-state index contributed by atoms with van der Waals surface area (Å²) in [5.74, 6) is -1.89. The van der Waals surface area contributed by atoms with Gasteiger partial charge in [-0.25, -0.2) is 4.79 Å². The molecule has 0 atom stereocenters. The maximum absolute atomic E-state index is 11.9. The maximum atomic E-state index is 11.9. The Balaban J connectivity index is 1.88. The molecular formula is C15H11ClF3NO3S. The van der Waals surface area contributed by atoms with E-state index in [9.17, 15) is 22.8 Å². The molecule has 0 radical (unpaired) electrons. The molecule has 0 aliphatic rings. The molecule has 2 aromatic rings. The highest BCUT2D eigenvalue weighted by Crippen LogP contribution is 2.35. The predicted molar refractivity (Wildman–Crippen MR) is 85.9 cm³/mol. The van der Waals surface area contributed by atoms with Crippen molar-refractivity contribution in [3.05, 3.63) is 40.2 Å². The summed E-state index contributed by atoms with van der Waals surface area (Å²) in [6.45, 7) is -2.27. The second-order valence-electron chi connectivity index (χ2n) is 4.61. The zero-order valence-corrected chi connectivity index (χ0v) is 13.6. The molecule has 4 nitrogen and oxygen atoms in total. The van der Waals surface area contributed by atoms with E-state index in [-0.39, 0.29) is 0 Å². The third-order valence-electron chi connectivity index (χ3n) is 2.76. The van der Waals surface area contributed by atoms with Gasteiger partial charge in [0.05, 0.1) is 5.02 Å². The smallest absolute Gasteiger partial charge is 0.405 e. The maximum Gasteiger partial charge on any atom is 0.405 e. The number of hydrogen-bond donors (Lipinski definition) is 1. The summed E-state index contributed by atoms with van der Waals surface area (Å²) in [6.07, 6.45) is -2.02. The van der Waals surface area contributed by atoms with Crippen LogP contribution in [0.25, 0.3) is 16.2 Å². The summed E-state index contributed by atoms with van der Waals surface area (Å²) < 4.78 is 41.2. The Hall–Kier alpha value is -2.06. The lowest BCUT2D eigenvalue weighted by molar-refractivity contribution is -0.148. The third kappa shape index (κ3) is 5.24. The first-order valence-corrected chi connectivity index (χ1v) is 7.81. The fourth-order valence-electron chi connectivity index (χ4n) is 1.72. The fourth-order valence-corrected chi connectivity index (χ4v) is 3.12. The van der Waals surface area contributed by atoms with Crippen molar-refractivity contribution in [3.63, 3.8) is 0 Å². The van der Waals surface area contributed by atoms with Crippen molar-refractivity contribution in [2.24, 2.45) is 0 Å². The number of carbonyl (C=O) groups is 2. The molecule has 1 aromatic heterocycles. The zero-order chi connectivity index (χ0) is 17.7. The van der Waals surface area contributed by atoms with Crippen molar-refractivity contribution in [1.82, 2.24) is 5.32 Å². The Bertz CT molecular complexity index is 786. The molecule has 0 unspecified atom stereocenters. The minimum atomic E-state index is -4.52. The molecule has 0 saturated heterocycles. The van der Waals surface area contributed by atoms with Crippen molar-refractivity contribution in [1.29, 1.82) is 0 Å². The highest BCUT2D eigenvalue weighted by molar-refractivity contribution is 7.20. The number of benzene rings is 1. The number of amides is 1. The number of nitrogens with one attached hydrogen (secondary N) is 1. The topological polar surface area (TPSA) is 55.4 Å². The Morgan fingerprint density at radius 2 is 2.00 bits per heavy atom. The van der Waals surface area contributed by atoms with Crippen molar-refractivity contribution in [2.75, 3.05) is 13.2 Å². The van der Waals surface area contributed by atoms with Crippen LogP contribution in [-0.2, 0) is 14.3 Å². The van der Waals surface area contributed by atoms with E-state index in [0.29, 0.717) is 9.90 Å².